The van der Waals surface area contributed by atoms with Gasteiger partial charge in [0.15, 0.2) is 17.3 Å². The Labute approximate surface area is 184 Å². The summed E-state index contributed by atoms with van der Waals surface area (Å²) in [5.41, 5.74) is 8.34. The molecule has 0 aliphatic rings. The van der Waals surface area contributed by atoms with Gasteiger partial charge in [-0.05, 0) is 36.8 Å². The maximum atomic E-state index is 12.5. The van der Waals surface area contributed by atoms with Crippen LogP contribution in [0.2, 0.25) is 0 Å². The van der Waals surface area contributed by atoms with E-state index in [0.29, 0.717) is 40.0 Å². The van der Waals surface area contributed by atoms with Crippen LogP contribution >= 0.6 is 0 Å². The number of amides is 1. The van der Waals surface area contributed by atoms with Gasteiger partial charge in [0.25, 0.3) is 0 Å². The zero-order valence-electron chi connectivity index (χ0n) is 18.1. The highest BCUT2D eigenvalue weighted by atomic mass is 16.5. The van der Waals surface area contributed by atoms with Gasteiger partial charge in [-0.2, -0.15) is 4.98 Å². The first kappa shape index (κ1) is 22.4. The Morgan fingerprint density at radius 3 is 2.28 bits per heavy atom. The van der Waals surface area contributed by atoms with Gasteiger partial charge >= 0.3 is 0 Å². The summed E-state index contributed by atoms with van der Waals surface area (Å²) in [5, 5.41) is 19.1. The molecular formula is C21H24N6O5. The number of nitrogens with zero attached hydrogens (tertiary/aromatic N) is 4. The highest BCUT2D eigenvalue weighted by molar-refractivity contribution is 5.99. The Hall–Kier alpha value is -4.28. The summed E-state index contributed by atoms with van der Waals surface area (Å²) in [4.78, 5) is 16.7. The van der Waals surface area contributed by atoms with E-state index in [-0.39, 0.29) is 18.4 Å². The average Bonchev–Trinajstić information content (AvgIpc) is 3.17. The minimum Gasteiger partial charge on any atom is -0.493 e. The molecule has 1 aromatic heterocycles. The molecule has 0 aliphatic heterocycles. The van der Waals surface area contributed by atoms with Gasteiger partial charge in [0, 0.05) is 11.3 Å². The van der Waals surface area contributed by atoms with Crippen LogP contribution in [-0.4, -0.2) is 52.9 Å². The molecule has 0 aliphatic carbocycles. The molecule has 3 aromatic rings. The van der Waals surface area contributed by atoms with Crippen molar-refractivity contribution in [1.82, 2.24) is 14.8 Å². The molecular weight excluding hydrogens is 416 g/mol. The highest BCUT2D eigenvalue weighted by Crippen LogP contribution is 2.40. The number of ether oxygens (including phenoxy) is 3. The van der Waals surface area contributed by atoms with E-state index in [4.69, 9.17) is 25.2 Å². The monoisotopic (exact) mass is 440 g/mol. The van der Waals surface area contributed by atoms with Crippen molar-refractivity contribution in [2.24, 2.45) is 5.16 Å². The molecule has 0 spiro atoms. The number of oxime groups is 1. The molecule has 11 heteroatoms. The summed E-state index contributed by atoms with van der Waals surface area (Å²) in [7, 11) is 4.53. The van der Waals surface area contributed by atoms with Crippen LogP contribution in [0.4, 0.5) is 11.6 Å². The van der Waals surface area contributed by atoms with Crippen molar-refractivity contribution >= 4 is 23.3 Å². The predicted octanol–water partition coefficient (Wildman–Crippen LogP) is 2.39. The molecule has 1 amide bonds. The van der Waals surface area contributed by atoms with Crippen molar-refractivity contribution < 1.29 is 24.2 Å². The van der Waals surface area contributed by atoms with E-state index >= 15 is 0 Å². The number of methoxy groups -OCH3 is 3. The third-order valence-corrected chi connectivity index (χ3v) is 4.65. The van der Waals surface area contributed by atoms with Crippen molar-refractivity contribution in [2.45, 2.75) is 13.5 Å². The lowest BCUT2D eigenvalue weighted by atomic mass is 10.1. The van der Waals surface area contributed by atoms with Crippen LogP contribution in [0, 0.1) is 0 Å². The van der Waals surface area contributed by atoms with Crippen LogP contribution in [0.5, 0.6) is 17.2 Å². The van der Waals surface area contributed by atoms with E-state index in [0.717, 1.165) is 5.56 Å². The zero-order valence-corrected chi connectivity index (χ0v) is 18.1. The normalized spacial score (nSPS) is 11.2. The fourth-order valence-electron chi connectivity index (χ4n) is 2.99. The lowest BCUT2D eigenvalue weighted by Crippen LogP contribution is -2.20. The van der Waals surface area contributed by atoms with Crippen molar-refractivity contribution in [3.63, 3.8) is 0 Å². The number of hydrogen-bond acceptors (Lipinski definition) is 9. The van der Waals surface area contributed by atoms with Crippen molar-refractivity contribution in [3.8, 4) is 28.6 Å². The number of nitrogens with one attached hydrogen (secondary N) is 1. The summed E-state index contributed by atoms with van der Waals surface area (Å²) in [6.07, 6.45) is 0. The van der Waals surface area contributed by atoms with Crippen molar-refractivity contribution in [1.29, 1.82) is 0 Å². The Morgan fingerprint density at radius 2 is 1.75 bits per heavy atom. The van der Waals surface area contributed by atoms with E-state index in [9.17, 15) is 4.79 Å². The predicted molar refractivity (Wildman–Crippen MR) is 119 cm³/mol. The van der Waals surface area contributed by atoms with E-state index in [1.165, 1.54) is 26.0 Å². The smallest absolute Gasteiger partial charge is 0.246 e. The molecule has 0 saturated heterocycles. The molecule has 0 radical (unpaired) electrons. The summed E-state index contributed by atoms with van der Waals surface area (Å²) in [6, 6.07) is 10.3. The maximum Gasteiger partial charge on any atom is 0.246 e. The molecule has 168 valence electrons. The topological polar surface area (TPSA) is 146 Å². The molecule has 2 aromatic carbocycles. The van der Waals surface area contributed by atoms with Crippen LogP contribution in [0.25, 0.3) is 11.4 Å². The summed E-state index contributed by atoms with van der Waals surface area (Å²) < 4.78 is 17.3. The van der Waals surface area contributed by atoms with Crippen LogP contribution in [0.15, 0.2) is 41.6 Å². The Bertz CT molecular complexity index is 1120. The number of aromatic nitrogens is 3. The third kappa shape index (κ3) is 4.72. The lowest BCUT2D eigenvalue weighted by Gasteiger charge is -2.13. The van der Waals surface area contributed by atoms with Crippen LogP contribution in [0.1, 0.15) is 12.5 Å². The second kappa shape index (κ2) is 9.69. The average molecular weight is 440 g/mol. The number of hydrogen-bond donors (Lipinski definition) is 3. The fourth-order valence-corrected chi connectivity index (χ4v) is 2.99. The van der Waals surface area contributed by atoms with Crippen LogP contribution < -0.4 is 25.3 Å². The van der Waals surface area contributed by atoms with E-state index in [1.54, 1.807) is 43.3 Å². The van der Waals surface area contributed by atoms with Gasteiger partial charge in [-0.3, -0.25) is 4.79 Å². The number of nitrogens with two attached hydrogens (primary N) is 1. The van der Waals surface area contributed by atoms with E-state index < -0.39 is 0 Å². The number of benzene rings is 2. The second-order valence-corrected chi connectivity index (χ2v) is 6.68. The standard InChI is InChI=1S/C21H24N6O5/c1-12(26-29)13-5-7-15(8-6-13)23-18(28)11-27-21(22)24-20(25-27)14-9-16(30-2)19(32-4)17(10-14)31-3/h5-10,29H,11H2,1-4H3,(H,23,28)(H2,22,24,25)/b26-12-. The Balaban J connectivity index is 1.78. The van der Waals surface area contributed by atoms with Gasteiger partial charge in [0.1, 0.15) is 6.54 Å². The maximum absolute atomic E-state index is 12.5. The molecule has 0 saturated carbocycles. The molecule has 0 unspecified atom stereocenters. The first-order chi connectivity index (χ1) is 15.4. The number of carbonyl (C=O) groups excluding carboxylic acids is 1. The minimum atomic E-state index is -0.335. The minimum absolute atomic E-state index is 0.0778. The summed E-state index contributed by atoms with van der Waals surface area (Å²) >= 11 is 0. The molecule has 3 rings (SSSR count). The van der Waals surface area contributed by atoms with Crippen LogP contribution in [0.3, 0.4) is 0 Å². The lowest BCUT2D eigenvalue weighted by molar-refractivity contribution is -0.116. The molecule has 32 heavy (non-hydrogen) atoms. The molecule has 0 fully saturated rings. The van der Waals surface area contributed by atoms with Gasteiger partial charge in [-0.25, -0.2) is 4.68 Å². The van der Waals surface area contributed by atoms with E-state index in [2.05, 4.69) is 20.6 Å². The first-order valence-corrected chi connectivity index (χ1v) is 9.49. The van der Waals surface area contributed by atoms with Crippen LogP contribution in [-0.2, 0) is 11.3 Å². The quantitative estimate of drug-likeness (QED) is 0.275. The second-order valence-electron chi connectivity index (χ2n) is 6.68. The van der Waals surface area contributed by atoms with Gasteiger partial charge in [0.2, 0.25) is 17.6 Å². The molecule has 1 heterocycles. The fraction of sp³-hybridized carbons (Fsp3) is 0.238. The zero-order chi connectivity index (χ0) is 23.3. The molecule has 11 nitrogen and oxygen atoms in total. The van der Waals surface area contributed by atoms with E-state index in [1.807, 2.05) is 0 Å². The van der Waals surface area contributed by atoms with Crippen molar-refractivity contribution in [3.05, 3.63) is 42.0 Å². The molecule has 0 atom stereocenters. The van der Waals surface area contributed by atoms with Gasteiger partial charge < -0.3 is 30.5 Å². The first-order valence-electron chi connectivity index (χ1n) is 9.49. The van der Waals surface area contributed by atoms with Gasteiger partial charge in [-0.15, -0.1) is 5.10 Å². The highest BCUT2D eigenvalue weighted by Gasteiger charge is 2.18. The molecule has 4 N–H and O–H groups in total. The van der Waals surface area contributed by atoms with Gasteiger partial charge in [-0.1, -0.05) is 17.3 Å². The number of carbonyl (C=O) groups is 1. The Kier molecular flexibility index (Phi) is 6.78. The number of anilines is 2. The molecule has 0 bridgehead atoms. The summed E-state index contributed by atoms with van der Waals surface area (Å²) in [5.74, 6) is 1.38. The SMILES string of the molecule is COc1cc(-c2nc(N)n(CC(=O)Nc3ccc(/C(C)=N\O)cc3)n2)cc(OC)c1OC. The third-order valence-electron chi connectivity index (χ3n) is 4.65. The van der Waals surface area contributed by atoms with Crippen molar-refractivity contribution in [2.75, 3.05) is 32.4 Å². The largest absolute Gasteiger partial charge is 0.493 e. The van der Waals surface area contributed by atoms with Gasteiger partial charge in [0.05, 0.1) is 27.0 Å². The Morgan fingerprint density at radius 1 is 1.12 bits per heavy atom. The number of nitrogen functional groups attached to an aromatic ring is 1. The number of rotatable bonds is 8. The summed E-state index contributed by atoms with van der Waals surface area (Å²) in [6.45, 7) is 1.54.